The summed E-state index contributed by atoms with van der Waals surface area (Å²) in [4.78, 5) is 24.5. The van der Waals surface area contributed by atoms with Crippen molar-refractivity contribution in [3.8, 4) is 0 Å². The average Bonchev–Trinajstić information content (AvgIpc) is 2.62. The number of carbonyl (C=O) groups excluding carboxylic acids is 2. The van der Waals surface area contributed by atoms with Crippen molar-refractivity contribution in [3.63, 3.8) is 0 Å². The Bertz CT molecular complexity index is 922. The molecule has 0 radical (unpaired) electrons. The Balaban J connectivity index is 2.06. The van der Waals surface area contributed by atoms with Gasteiger partial charge in [-0.05, 0) is 56.7 Å². The number of hydrogen-bond donors (Lipinski definition) is 2. The molecule has 6 nitrogen and oxygen atoms in total. The van der Waals surface area contributed by atoms with Gasteiger partial charge in [-0.1, -0.05) is 12.1 Å². The summed E-state index contributed by atoms with van der Waals surface area (Å²) >= 11 is 0. The van der Waals surface area contributed by atoms with Crippen LogP contribution in [0.2, 0.25) is 0 Å². The Morgan fingerprint density at radius 3 is 2.16 bits per heavy atom. The minimum atomic E-state index is -4.42. The number of carbonyl (C=O) groups is 2. The van der Waals surface area contributed by atoms with Crippen molar-refractivity contribution in [3.05, 3.63) is 59.4 Å². The number of nitrogens with one attached hydrogen (secondary N) is 2. The van der Waals surface area contributed by atoms with E-state index in [0.29, 0.717) is 5.56 Å². The fraction of sp³-hybridized carbons (Fsp3) is 0.333. The van der Waals surface area contributed by atoms with Crippen molar-refractivity contribution < 1.29 is 36.6 Å². The van der Waals surface area contributed by atoms with Crippen LogP contribution in [0.3, 0.4) is 0 Å². The standard InChI is InChI=1S/C21H22F4N2O4/c1-20(2,3)31-19(29)27-16-9-8-15(22)10-17(16)26-18(28)14-6-4-13(5-7-14)11-30-12-21(23,24)25/h4-10H,11-12H2,1-3H3,(H,26,28)(H,27,29). The lowest BCUT2D eigenvalue weighted by molar-refractivity contribution is -0.176. The molecule has 0 spiro atoms. The highest BCUT2D eigenvalue weighted by molar-refractivity contribution is 6.06. The Labute approximate surface area is 176 Å². The van der Waals surface area contributed by atoms with Gasteiger partial charge in [0.15, 0.2) is 0 Å². The van der Waals surface area contributed by atoms with Crippen molar-refractivity contribution in [2.75, 3.05) is 17.2 Å². The van der Waals surface area contributed by atoms with Gasteiger partial charge in [-0.25, -0.2) is 9.18 Å². The molecule has 0 aromatic heterocycles. The van der Waals surface area contributed by atoms with Crippen LogP contribution in [0.5, 0.6) is 0 Å². The molecular weight excluding hydrogens is 420 g/mol. The third-order valence-corrected chi connectivity index (χ3v) is 3.62. The summed E-state index contributed by atoms with van der Waals surface area (Å²) in [5.41, 5.74) is -0.000441. The largest absolute Gasteiger partial charge is 0.444 e. The van der Waals surface area contributed by atoms with Gasteiger partial charge < -0.3 is 14.8 Å². The molecule has 0 saturated carbocycles. The van der Waals surface area contributed by atoms with Crippen LogP contribution in [0.4, 0.5) is 33.7 Å². The van der Waals surface area contributed by atoms with Gasteiger partial charge in [-0.2, -0.15) is 13.2 Å². The van der Waals surface area contributed by atoms with Gasteiger partial charge in [0.2, 0.25) is 0 Å². The molecule has 31 heavy (non-hydrogen) atoms. The molecule has 10 heteroatoms. The molecule has 0 aliphatic carbocycles. The van der Waals surface area contributed by atoms with Crippen molar-refractivity contribution in [1.82, 2.24) is 0 Å². The minimum Gasteiger partial charge on any atom is -0.444 e. The first-order chi connectivity index (χ1) is 14.3. The van der Waals surface area contributed by atoms with Crippen molar-refractivity contribution >= 4 is 23.4 Å². The fourth-order valence-electron chi connectivity index (χ4n) is 2.37. The maximum absolute atomic E-state index is 13.7. The van der Waals surface area contributed by atoms with Crippen LogP contribution in [0.1, 0.15) is 36.7 Å². The van der Waals surface area contributed by atoms with Gasteiger partial charge in [-0.3, -0.25) is 10.1 Å². The van der Waals surface area contributed by atoms with Crippen LogP contribution >= 0.6 is 0 Å². The molecule has 168 valence electrons. The quantitative estimate of drug-likeness (QED) is 0.579. The van der Waals surface area contributed by atoms with Crippen molar-refractivity contribution in [2.24, 2.45) is 0 Å². The molecule has 0 aliphatic heterocycles. The molecule has 0 atom stereocenters. The Hall–Kier alpha value is -3.14. The molecule has 0 heterocycles. The highest BCUT2D eigenvalue weighted by atomic mass is 19.4. The molecule has 2 N–H and O–H groups in total. The van der Waals surface area contributed by atoms with Crippen molar-refractivity contribution in [1.29, 1.82) is 0 Å². The lowest BCUT2D eigenvalue weighted by Gasteiger charge is -2.20. The number of amides is 2. The number of ether oxygens (including phenoxy) is 2. The van der Waals surface area contributed by atoms with Crippen LogP contribution in [-0.2, 0) is 16.1 Å². The minimum absolute atomic E-state index is 0.00782. The Kier molecular flexibility index (Phi) is 7.61. The van der Waals surface area contributed by atoms with E-state index in [2.05, 4.69) is 15.4 Å². The Morgan fingerprint density at radius 1 is 0.935 bits per heavy atom. The zero-order valence-electron chi connectivity index (χ0n) is 17.1. The summed E-state index contributed by atoms with van der Waals surface area (Å²) in [6.45, 7) is 3.39. The second kappa shape index (κ2) is 9.78. The number of halogens is 4. The van der Waals surface area contributed by atoms with E-state index < -0.39 is 36.2 Å². The predicted octanol–water partition coefficient (Wildman–Crippen LogP) is 5.50. The summed E-state index contributed by atoms with van der Waals surface area (Å²) in [5.74, 6) is -1.25. The fourth-order valence-corrected chi connectivity index (χ4v) is 2.37. The van der Waals surface area contributed by atoms with E-state index in [-0.39, 0.29) is 23.5 Å². The topological polar surface area (TPSA) is 76.7 Å². The summed E-state index contributed by atoms with van der Waals surface area (Å²) in [5, 5.41) is 4.93. The van der Waals surface area contributed by atoms with Gasteiger partial charge in [0.25, 0.3) is 5.91 Å². The van der Waals surface area contributed by atoms with E-state index in [9.17, 15) is 27.2 Å². The highest BCUT2D eigenvalue weighted by Crippen LogP contribution is 2.24. The molecule has 0 fully saturated rings. The third kappa shape index (κ3) is 8.63. The van der Waals surface area contributed by atoms with E-state index in [4.69, 9.17) is 4.74 Å². The predicted molar refractivity (Wildman–Crippen MR) is 106 cm³/mol. The van der Waals surface area contributed by atoms with Gasteiger partial charge in [0, 0.05) is 5.56 Å². The van der Waals surface area contributed by atoms with Gasteiger partial charge in [-0.15, -0.1) is 0 Å². The second-order valence-corrected chi connectivity index (χ2v) is 7.58. The molecule has 0 aliphatic rings. The van der Waals surface area contributed by atoms with Gasteiger partial charge in [0.05, 0.1) is 18.0 Å². The lowest BCUT2D eigenvalue weighted by Crippen LogP contribution is -2.27. The number of hydrogen-bond acceptors (Lipinski definition) is 4. The first-order valence-electron chi connectivity index (χ1n) is 9.17. The number of rotatable bonds is 6. The van der Waals surface area contributed by atoms with Crippen LogP contribution in [0, 0.1) is 5.82 Å². The number of alkyl halides is 3. The maximum atomic E-state index is 13.7. The smallest absolute Gasteiger partial charge is 0.412 e. The summed E-state index contributed by atoms with van der Waals surface area (Å²) in [6, 6.07) is 9.08. The molecule has 2 aromatic rings. The number of anilines is 2. The molecule has 0 bridgehead atoms. The van der Waals surface area contributed by atoms with Gasteiger partial charge >= 0.3 is 12.3 Å². The molecule has 2 aromatic carbocycles. The van der Waals surface area contributed by atoms with Gasteiger partial charge in [0.1, 0.15) is 18.0 Å². The second-order valence-electron chi connectivity index (χ2n) is 7.58. The summed E-state index contributed by atoms with van der Waals surface area (Å²) < 4.78 is 59.7. The molecular formula is C21H22F4N2O4. The molecule has 2 amide bonds. The van der Waals surface area contributed by atoms with E-state index in [1.165, 1.54) is 30.3 Å². The zero-order chi connectivity index (χ0) is 23.2. The monoisotopic (exact) mass is 442 g/mol. The highest BCUT2D eigenvalue weighted by Gasteiger charge is 2.27. The zero-order valence-corrected chi connectivity index (χ0v) is 17.1. The van der Waals surface area contributed by atoms with E-state index >= 15 is 0 Å². The molecule has 0 saturated heterocycles. The molecule has 0 unspecified atom stereocenters. The SMILES string of the molecule is CC(C)(C)OC(=O)Nc1ccc(F)cc1NC(=O)c1ccc(COCC(F)(F)F)cc1. The van der Waals surface area contributed by atoms with Crippen LogP contribution < -0.4 is 10.6 Å². The molecule has 2 rings (SSSR count). The first-order valence-corrected chi connectivity index (χ1v) is 9.17. The first kappa shape index (κ1) is 24.1. The lowest BCUT2D eigenvalue weighted by atomic mass is 10.1. The van der Waals surface area contributed by atoms with Crippen LogP contribution in [-0.4, -0.2) is 30.4 Å². The van der Waals surface area contributed by atoms with E-state index in [0.717, 1.165) is 12.1 Å². The summed E-state index contributed by atoms with van der Waals surface area (Å²) in [6.07, 6.45) is -5.20. The van der Waals surface area contributed by atoms with E-state index in [1.54, 1.807) is 20.8 Å². The third-order valence-electron chi connectivity index (χ3n) is 3.62. The average molecular weight is 442 g/mol. The van der Waals surface area contributed by atoms with Crippen LogP contribution in [0.15, 0.2) is 42.5 Å². The number of benzene rings is 2. The van der Waals surface area contributed by atoms with Crippen LogP contribution in [0.25, 0.3) is 0 Å². The van der Waals surface area contributed by atoms with Crippen molar-refractivity contribution in [2.45, 2.75) is 39.2 Å². The Morgan fingerprint density at radius 2 is 1.58 bits per heavy atom. The summed E-state index contributed by atoms with van der Waals surface area (Å²) in [7, 11) is 0. The maximum Gasteiger partial charge on any atom is 0.412 e. The normalized spacial score (nSPS) is 11.7. The van der Waals surface area contributed by atoms with E-state index in [1.807, 2.05) is 0 Å².